The van der Waals surface area contributed by atoms with E-state index < -0.39 is 4.92 Å². The second kappa shape index (κ2) is 3.23. The number of nitrogens with two attached hydrogens (primary N) is 1. The molecule has 2 rings (SSSR count). The van der Waals surface area contributed by atoms with E-state index in [4.69, 9.17) is 10.2 Å². The first-order valence-electron chi connectivity index (χ1n) is 4.45. The zero-order chi connectivity index (χ0) is 11.0. The molecule has 1 aromatic carbocycles. The third kappa shape index (κ3) is 1.50. The van der Waals surface area contributed by atoms with Gasteiger partial charge in [-0.2, -0.15) is 4.98 Å². The number of oxazole rings is 1. The number of nitrogens with zero attached hydrogens (tertiary/aromatic N) is 2. The molecule has 0 bridgehead atoms. The van der Waals surface area contributed by atoms with Crippen LogP contribution in [0, 0.1) is 10.1 Å². The first-order valence-corrected chi connectivity index (χ1v) is 4.45. The van der Waals surface area contributed by atoms with Gasteiger partial charge in [0.25, 0.3) is 6.01 Å². The van der Waals surface area contributed by atoms with Crippen molar-refractivity contribution in [2.75, 3.05) is 5.73 Å². The molecule has 0 aliphatic rings. The van der Waals surface area contributed by atoms with E-state index in [-0.39, 0.29) is 17.3 Å². The van der Waals surface area contributed by atoms with Crippen molar-refractivity contribution in [3.63, 3.8) is 0 Å². The van der Waals surface area contributed by atoms with Gasteiger partial charge in [-0.05, 0) is 18.1 Å². The lowest BCUT2D eigenvalue weighted by Crippen LogP contribution is -1.91. The van der Waals surface area contributed by atoms with Crippen LogP contribution in [0.5, 0.6) is 0 Å². The average molecular weight is 207 g/mol. The van der Waals surface area contributed by atoms with Crippen LogP contribution >= 0.6 is 0 Å². The lowest BCUT2D eigenvalue weighted by atomic mass is 10.1. The molecule has 78 valence electrons. The van der Waals surface area contributed by atoms with Gasteiger partial charge in [0, 0.05) is 6.07 Å². The van der Waals surface area contributed by atoms with Crippen LogP contribution < -0.4 is 5.73 Å². The number of hydrogen-bond acceptors (Lipinski definition) is 5. The van der Waals surface area contributed by atoms with Crippen LogP contribution in [0.1, 0.15) is 12.5 Å². The quantitative estimate of drug-likeness (QED) is 0.599. The molecule has 0 spiro atoms. The fourth-order valence-corrected chi connectivity index (χ4v) is 1.43. The minimum absolute atomic E-state index is 0.0543. The molecule has 0 atom stereocenters. The summed E-state index contributed by atoms with van der Waals surface area (Å²) in [6.45, 7) is 1.91. The van der Waals surface area contributed by atoms with Crippen molar-refractivity contribution in [1.82, 2.24) is 4.98 Å². The van der Waals surface area contributed by atoms with Crippen LogP contribution in [-0.4, -0.2) is 9.91 Å². The van der Waals surface area contributed by atoms with Gasteiger partial charge in [0.2, 0.25) is 5.58 Å². The predicted molar refractivity (Wildman–Crippen MR) is 54.5 cm³/mol. The molecule has 0 aliphatic heterocycles. The largest absolute Gasteiger partial charge is 0.416 e. The zero-order valence-corrected chi connectivity index (χ0v) is 8.06. The van der Waals surface area contributed by atoms with Gasteiger partial charge in [-0.15, -0.1) is 0 Å². The summed E-state index contributed by atoms with van der Waals surface area (Å²) in [5.74, 6) is 0. The normalized spacial score (nSPS) is 10.7. The number of aryl methyl sites for hydroxylation is 1. The number of rotatable bonds is 2. The highest BCUT2D eigenvalue weighted by atomic mass is 16.6. The molecule has 1 heterocycles. The summed E-state index contributed by atoms with van der Waals surface area (Å²) < 4.78 is 4.98. The van der Waals surface area contributed by atoms with E-state index in [9.17, 15) is 10.1 Å². The molecule has 1 aromatic heterocycles. The van der Waals surface area contributed by atoms with Gasteiger partial charge >= 0.3 is 5.69 Å². The molecule has 15 heavy (non-hydrogen) atoms. The Hall–Kier alpha value is -2.11. The van der Waals surface area contributed by atoms with Crippen molar-refractivity contribution in [3.8, 4) is 0 Å². The Morgan fingerprint density at radius 1 is 1.60 bits per heavy atom. The number of nitro benzene ring substituents is 1. The molecule has 0 radical (unpaired) electrons. The first kappa shape index (κ1) is 9.45. The van der Waals surface area contributed by atoms with Crippen molar-refractivity contribution in [2.24, 2.45) is 0 Å². The maximum absolute atomic E-state index is 10.8. The maximum atomic E-state index is 10.8. The summed E-state index contributed by atoms with van der Waals surface area (Å²) >= 11 is 0. The second-order valence-corrected chi connectivity index (χ2v) is 3.13. The Kier molecular flexibility index (Phi) is 2.03. The number of benzene rings is 1. The summed E-state index contributed by atoms with van der Waals surface area (Å²) in [5, 5.41) is 10.8. The summed E-state index contributed by atoms with van der Waals surface area (Å²) in [5.41, 5.74) is 6.66. The van der Waals surface area contributed by atoms with Crippen LogP contribution in [0.2, 0.25) is 0 Å². The van der Waals surface area contributed by atoms with Crippen molar-refractivity contribution < 1.29 is 9.34 Å². The second-order valence-electron chi connectivity index (χ2n) is 3.13. The number of hydrogen-bond donors (Lipinski definition) is 1. The van der Waals surface area contributed by atoms with Gasteiger partial charge in [0.15, 0.2) is 0 Å². The lowest BCUT2D eigenvalue weighted by molar-refractivity contribution is -0.383. The molecule has 0 aliphatic carbocycles. The molecular formula is C9H9N3O3. The number of non-ortho nitro benzene ring substituents is 1. The van der Waals surface area contributed by atoms with E-state index in [0.29, 0.717) is 11.9 Å². The average Bonchev–Trinajstić information content (AvgIpc) is 2.55. The lowest BCUT2D eigenvalue weighted by Gasteiger charge is -1.96. The van der Waals surface area contributed by atoms with Gasteiger partial charge in [-0.3, -0.25) is 10.1 Å². The van der Waals surface area contributed by atoms with E-state index in [1.165, 1.54) is 6.07 Å². The van der Waals surface area contributed by atoms with Crippen LogP contribution in [-0.2, 0) is 6.42 Å². The molecule has 0 unspecified atom stereocenters. The summed E-state index contributed by atoms with van der Waals surface area (Å²) in [4.78, 5) is 14.1. The van der Waals surface area contributed by atoms with E-state index in [1.54, 1.807) is 6.07 Å². The fraction of sp³-hybridized carbons (Fsp3) is 0.222. The minimum atomic E-state index is -0.494. The molecule has 2 aromatic rings. The molecule has 0 saturated carbocycles. The van der Waals surface area contributed by atoms with E-state index >= 15 is 0 Å². The Bertz CT molecular complexity index is 533. The Labute approximate surface area is 84.8 Å². The van der Waals surface area contributed by atoms with Crippen LogP contribution in [0.15, 0.2) is 16.5 Å². The number of anilines is 1. The van der Waals surface area contributed by atoms with Gasteiger partial charge in [-0.25, -0.2) is 0 Å². The Morgan fingerprint density at radius 3 is 2.93 bits per heavy atom. The van der Waals surface area contributed by atoms with E-state index in [0.717, 1.165) is 5.56 Å². The fourth-order valence-electron chi connectivity index (χ4n) is 1.43. The third-order valence-electron chi connectivity index (χ3n) is 2.15. The number of aromatic nitrogens is 1. The highest BCUT2D eigenvalue weighted by Gasteiger charge is 2.18. The number of nitrogen functional groups attached to an aromatic ring is 1. The van der Waals surface area contributed by atoms with Crippen molar-refractivity contribution >= 4 is 22.8 Å². The Balaban J connectivity index is 2.79. The maximum Gasteiger partial charge on any atom is 0.314 e. The van der Waals surface area contributed by atoms with E-state index in [2.05, 4.69) is 4.98 Å². The van der Waals surface area contributed by atoms with Gasteiger partial charge in [0.1, 0.15) is 5.52 Å². The third-order valence-corrected chi connectivity index (χ3v) is 2.15. The van der Waals surface area contributed by atoms with Crippen molar-refractivity contribution in [3.05, 3.63) is 27.8 Å². The van der Waals surface area contributed by atoms with Crippen LogP contribution in [0.25, 0.3) is 11.1 Å². The molecule has 0 saturated heterocycles. The zero-order valence-electron chi connectivity index (χ0n) is 8.06. The molecule has 0 fully saturated rings. The minimum Gasteiger partial charge on any atom is -0.416 e. The van der Waals surface area contributed by atoms with E-state index in [1.807, 2.05) is 6.92 Å². The molecule has 0 amide bonds. The van der Waals surface area contributed by atoms with Crippen molar-refractivity contribution in [2.45, 2.75) is 13.3 Å². The van der Waals surface area contributed by atoms with Gasteiger partial charge in [0.05, 0.1) is 4.92 Å². The first-order chi connectivity index (χ1) is 7.11. The van der Waals surface area contributed by atoms with Crippen LogP contribution in [0.3, 0.4) is 0 Å². The van der Waals surface area contributed by atoms with Gasteiger partial charge in [-0.1, -0.05) is 6.92 Å². The predicted octanol–water partition coefficient (Wildman–Crippen LogP) is 1.88. The molecule has 2 N–H and O–H groups in total. The standard InChI is InChI=1S/C9H9N3O3/c1-2-5-3-6-8(15-9(10)11-6)7(4-5)12(13)14/h3-4H,2H2,1H3,(H2,10,11). The number of fused-ring (bicyclic) bond motifs is 1. The monoisotopic (exact) mass is 207 g/mol. The Morgan fingerprint density at radius 2 is 2.33 bits per heavy atom. The number of nitro groups is 1. The molecular weight excluding hydrogens is 198 g/mol. The molecule has 6 nitrogen and oxygen atoms in total. The summed E-state index contributed by atoms with van der Waals surface area (Å²) in [7, 11) is 0. The summed E-state index contributed by atoms with van der Waals surface area (Å²) in [6.07, 6.45) is 0.698. The summed E-state index contributed by atoms with van der Waals surface area (Å²) in [6, 6.07) is 3.16. The van der Waals surface area contributed by atoms with Crippen molar-refractivity contribution in [1.29, 1.82) is 0 Å². The smallest absolute Gasteiger partial charge is 0.314 e. The molecule has 6 heteroatoms. The topological polar surface area (TPSA) is 95.2 Å². The highest BCUT2D eigenvalue weighted by Crippen LogP contribution is 2.28. The van der Waals surface area contributed by atoms with Crippen LogP contribution in [0.4, 0.5) is 11.7 Å². The van der Waals surface area contributed by atoms with Gasteiger partial charge < -0.3 is 10.2 Å². The highest BCUT2D eigenvalue weighted by molar-refractivity contribution is 5.84. The SMILES string of the molecule is CCc1cc([N+](=O)[O-])c2oc(N)nc2c1.